The molecule has 2 unspecified atom stereocenters. The zero-order valence-corrected chi connectivity index (χ0v) is 8.54. The lowest BCUT2D eigenvalue weighted by Gasteiger charge is -2.36. The number of esters is 1. The van der Waals surface area contributed by atoms with E-state index >= 15 is 0 Å². The van der Waals surface area contributed by atoms with Crippen LogP contribution in [-0.4, -0.2) is 39.4 Å². The van der Waals surface area contributed by atoms with Crippen LogP contribution in [0.1, 0.15) is 12.8 Å². The Labute approximate surface area is 84.0 Å². The van der Waals surface area contributed by atoms with E-state index < -0.39 is 0 Å². The summed E-state index contributed by atoms with van der Waals surface area (Å²) in [4.78, 5) is 11.6. The summed E-state index contributed by atoms with van der Waals surface area (Å²) in [5.41, 5.74) is 0.00530. The van der Waals surface area contributed by atoms with Gasteiger partial charge in [0.15, 0.2) is 0 Å². The summed E-state index contributed by atoms with van der Waals surface area (Å²) in [7, 11) is 1.46. The highest BCUT2D eigenvalue weighted by Gasteiger charge is 2.48. The van der Waals surface area contributed by atoms with E-state index in [-0.39, 0.29) is 17.3 Å². The van der Waals surface area contributed by atoms with Crippen LogP contribution in [-0.2, 0) is 14.3 Å². The van der Waals surface area contributed by atoms with Crippen molar-refractivity contribution in [2.75, 3.05) is 33.4 Å². The van der Waals surface area contributed by atoms with Gasteiger partial charge in [-0.25, -0.2) is 0 Å². The monoisotopic (exact) mass is 199 g/mol. The van der Waals surface area contributed by atoms with Crippen LogP contribution in [0, 0.1) is 11.3 Å². The standard InChI is InChI=1S/C10H17NO3/c1-13-9(12)8-5-11-6-10(8)3-2-4-14-7-10/h8,11H,2-7H2,1H3. The third-order valence-corrected chi connectivity index (χ3v) is 3.40. The molecule has 80 valence electrons. The van der Waals surface area contributed by atoms with Gasteiger partial charge in [-0.15, -0.1) is 0 Å². The zero-order valence-electron chi connectivity index (χ0n) is 8.54. The molecule has 0 radical (unpaired) electrons. The number of ether oxygens (including phenoxy) is 2. The Hall–Kier alpha value is -0.610. The fourth-order valence-electron chi connectivity index (χ4n) is 2.57. The molecule has 0 aromatic carbocycles. The first kappa shape index (κ1) is 9.93. The van der Waals surface area contributed by atoms with Gasteiger partial charge in [-0.1, -0.05) is 0 Å². The fourth-order valence-corrected chi connectivity index (χ4v) is 2.57. The van der Waals surface area contributed by atoms with Gasteiger partial charge < -0.3 is 14.8 Å². The minimum absolute atomic E-state index is 0.00530. The number of hydrogen-bond donors (Lipinski definition) is 1. The Bertz CT molecular complexity index is 223. The van der Waals surface area contributed by atoms with Crippen molar-refractivity contribution in [3.8, 4) is 0 Å². The number of nitrogens with one attached hydrogen (secondary N) is 1. The summed E-state index contributed by atoms with van der Waals surface area (Å²) in [5, 5.41) is 3.27. The summed E-state index contributed by atoms with van der Waals surface area (Å²) >= 11 is 0. The number of methoxy groups -OCH3 is 1. The second kappa shape index (κ2) is 3.87. The third-order valence-electron chi connectivity index (χ3n) is 3.40. The maximum Gasteiger partial charge on any atom is 0.310 e. The molecule has 1 N–H and O–H groups in total. The van der Waals surface area contributed by atoms with Crippen molar-refractivity contribution in [2.24, 2.45) is 11.3 Å². The molecule has 2 atom stereocenters. The molecule has 2 heterocycles. The fraction of sp³-hybridized carbons (Fsp3) is 0.900. The van der Waals surface area contributed by atoms with Crippen LogP contribution in [0.4, 0.5) is 0 Å². The highest BCUT2D eigenvalue weighted by Crippen LogP contribution is 2.39. The quantitative estimate of drug-likeness (QED) is 0.612. The maximum absolute atomic E-state index is 11.6. The molecule has 2 rings (SSSR count). The minimum atomic E-state index is -0.0968. The van der Waals surface area contributed by atoms with Gasteiger partial charge in [-0.05, 0) is 12.8 Å². The topological polar surface area (TPSA) is 47.6 Å². The lowest BCUT2D eigenvalue weighted by atomic mass is 9.74. The number of carbonyl (C=O) groups excluding carboxylic acids is 1. The molecular formula is C10H17NO3. The average molecular weight is 199 g/mol. The summed E-state index contributed by atoms with van der Waals surface area (Å²) in [6, 6.07) is 0. The maximum atomic E-state index is 11.6. The Morgan fingerprint density at radius 1 is 1.64 bits per heavy atom. The van der Waals surface area contributed by atoms with Crippen LogP contribution in [0.3, 0.4) is 0 Å². The van der Waals surface area contributed by atoms with Crippen LogP contribution < -0.4 is 5.32 Å². The van der Waals surface area contributed by atoms with Gasteiger partial charge >= 0.3 is 5.97 Å². The Kier molecular flexibility index (Phi) is 2.74. The lowest BCUT2D eigenvalue weighted by molar-refractivity contribution is -0.152. The van der Waals surface area contributed by atoms with Crippen molar-refractivity contribution in [3.05, 3.63) is 0 Å². The Morgan fingerprint density at radius 2 is 2.50 bits per heavy atom. The predicted molar refractivity (Wildman–Crippen MR) is 50.9 cm³/mol. The largest absolute Gasteiger partial charge is 0.469 e. The van der Waals surface area contributed by atoms with Gasteiger partial charge in [0.05, 0.1) is 19.6 Å². The molecule has 2 aliphatic heterocycles. The summed E-state index contributed by atoms with van der Waals surface area (Å²) < 4.78 is 10.3. The van der Waals surface area contributed by atoms with Gasteiger partial charge in [0.1, 0.15) is 0 Å². The van der Waals surface area contributed by atoms with Gasteiger partial charge in [-0.2, -0.15) is 0 Å². The van der Waals surface area contributed by atoms with E-state index in [9.17, 15) is 4.79 Å². The van der Waals surface area contributed by atoms with Crippen molar-refractivity contribution in [2.45, 2.75) is 12.8 Å². The molecule has 1 spiro atoms. The highest BCUT2D eigenvalue weighted by molar-refractivity contribution is 5.74. The van der Waals surface area contributed by atoms with Crippen LogP contribution in [0.5, 0.6) is 0 Å². The predicted octanol–water partition coefficient (Wildman–Crippen LogP) is 0.176. The van der Waals surface area contributed by atoms with Crippen molar-refractivity contribution in [1.29, 1.82) is 0 Å². The first-order valence-corrected chi connectivity index (χ1v) is 5.15. The highest BCUT2D eigenvalue weighted by atomic mass is 16.5. The molecule has 14 heavy (non-hydrogen) atoms. The molecular weight excluding hydrogens is 182 g/mol. The molecule has 2 aliphatic rings. The SMILES string of the molecule is COC(=O)C1CNCC12CCCOC2. The smallest absolute Gasteiger partial charge is 0.310 e. The van der Waals surface area contributed by atoms with E-state index in [1.165, 1.54) is 7.11 Å². The van der Waals surface area contributed by atoms with Crippen molar-refractivity contribution >= 4 is 5.97 Å². The molecule has 0 saturated carbocycles. The molecule has 0 bridgehead atoms. The van der Waals surface area contributed by atoms with Gasteiger partial charge in [0, 0.05) is 25.1 Å². The normalized spacial score (nSPS) is 37.4. The molecule has 2 saturated heterocycles. The molecule has 0 aromatic rings. The summed E-state index contributed by atoms with van der Waals surface area (Å²) in [6.07, 6.45) is 2.12. The van der Waals surface area contributed by atoms with Crippen LogP contribution in [0.25, 0.3) is 0 Å². The van der Waals surface area contributed by atoms with E-state index in [0.29, 0.717) is 6.61 Å². The van der Waals surface area contributed by atoms with E-state index in [2.05, 4.69) is 5.32 Å². The Balaban J connectivity index is 2.11. The zero-order chi connectivity index (χ0) is 10.0. The van der Waals surface area contributed by atoms with Gasteiger partial charge in [0.25, 0.3) is 0 Å². The average Bonchev–Trinajstić information content (AvgIpc) is 2.62. The second-order valence-electron chi connectivity index (χ2n) is 4.23. The number of rotatable bonds is 1. The van der Waals surface area contributed by atoms with Gasteiger partial charge in [0.2, 0.25) is 0 Å². The molecule has 2 fully saturated rings. The number of carbonyl (C=O) groups is 1. The van der Waals surface area contributed by atoms with Crippen LogP contribution in [0.15, 0.2) is 0 Å². The van der Waals surface area contributed by atoms with Crippen molar-refractivity contribution in [1.82, 2.24) is 5.32 Å². The first-order valence-electron chi connectivity index (χ1n) is 5.15. The first-order chi connectivity index (χ1) is 6.78. The molecule has 0 aliphatic carbocycles. The minimum Gasteiger partial charge on any atom is -0.469 e. The van der Waals surface area contributed by atoms with Crippen molar-refractivity contribution < 1.29 is 14.3 Å². The van der Waals surface area contributed by atoms with E-state index in [0.717, 1.165) is 32.5 Å². The summed E-state index contributed by atoms with van der Waals surface area (Å²) in [5.74, 6) is -0.117. The lowest BCUT2D eigenvalue weighted by Crippen LogP contribution is -2.42. The second-order valence-corrected chi connectivity index (χ2v) is 4.23. The van der Waals surface area contributed by atoms with Crippen molar-refractivity contribution in [3.63, 3.8) is 0 Å². The molecule has 0 aromatic heterocycles. The Morgan fingerprint density at radius 3 is 3.14 bits per heavy atom. The van der Waals surface area contributed by atoms with Crippen LogP contribution in [0.2, 0.25) is 0 Å². The molecule has 0 amide bonds. The molecule has 4 nitrogen and oxygen atoms in total. The van der Waals surface area contributed by atoms with E-state index in [4.69, 9.17) is 9.47 Å². The van der Waals surface area contributed by atoms with Gasteiger partial charge in [-0.3, -0.25) is 4.79 Å². The number of hydrogen-bond acceptors (Lipinski definition) is 4. The van der Waals surface area contributed by atoms with E-state index in [1.807, 2.05) is 0 Å². The van der Waals surface area contributed by atoms with Crippen LogP contribution >= 0.6 is 0 Å². The summed E-state index contributed by atoms with van der Waals surface area (Å²) in [6.45, 7) is 3.14. The van der Waals surface area contributed by atoms with E-state index in [1.54, 1.807) is 0 Å². The third kappa shape index (κ3) is 1.53. The molecule has 4 heteroatoms.